The van der Waals surface area contributed by atoms with Crippen LogP contribution in [0.4, 0.5) is 5.13 Å². The van der Waals surface area contributed by atoms with Crippen molar-refractivity contribution in [2.24, 2.45) is 5.92 Å². The molecule has 3 aromatic rings. The highest BCUT2D eigenvalue weighted by atomic mass is 32.2. The first-order valence-corrected chi connectivity index (χ1v) is 14.6. The molecule has 2 saturated heterocycles. The fourth-order valence-electron chi connectivity index (χ4n) is 4.57. The quantitative estimate of drug-likeness (QED) is 0.530. The number of nitrogens with zero attached hydrogens (tertiary/aromatic N) is 4. The molecule has 2 aliphatic rings. The number of rotatable bonds is 5. The molecule has 0 bridgehead atoms. The first-order valence-electron chi connectivity index (χ1n) is 11.4. The summed E-state index contributed by atoms with van der Waals surface area (Å²) in [6.07, 6.45) is 2.19. The summed E-state index contributed by atoms with van der Waals surface area (Å²) in [6.45, 7) is 5.89. The zero-order valence-corrected chi connectivity index (χ0v) is 21.1. The van der Waals surface area contributed by atoms with Gasteiger partial charge in [0.1, 0.15) is 4.21 Å². The Morgan fingerprint density at radius 3 is 2.52 bits per heavy atom. The molecule has 176 valence electrons. The highest BCUT2D eigenvalue weighted by Gasteiger charge is 2.35. The molecule has 0 unspecified atom stereocenters. The number of piperazine rings is 1. The van der Waals surface area contributed by atoms with Crippen molar-refractivity contribution in [3.05, 3.63) is 41.3 Å². The van der Waals surface area contributed by atoms with Crippen molar-refractivity contribution in [1.82, 2.24) is 14.2 Å². The predicted molar refractivity (Wildman–Crippen MR) is 134 cm³/mol. The van der Waals surface area contributed by atoms with Gasteiger partial charge in [-0.1, -0.05) is 30.4 Å². The molecule has 4 heterocycles. The molecule has 1 aromatic carbocycles. The molecule has 2 fully saturated rings. The molecule has 0 saturated carbocycles. The average molecular weight is 505 g/mol. The summed E-state index contributed by atoms with van der Waals surface area (Å²) in [4.78, 5) is 22.2. The zero-order valence-electron chi connectivity index (χ0n) is 18.6. The number of carbonyl (C=O) groups is 1. The number of piperidine rings is 1. The largest absolute Gasteiger partial charge is 0.345 e. The van der Waals surface area contributed by atoms with Gasteiger partial charge in [0.15, 0.2) is 5.13 Å². The van der Waals surface area contributed by atoms with Crippen molar-refractivity contribution in [2.75, 3.05) is 44.2 Å². The normalized spacial score (nSPS) is 18.8. The smallest absolute Gasteiger partial charge is 0.252 e. The van der Waals surface area contributed by atoms with Crippen molar-refractivity contribution in [1.29, 1.82) is 0 Å². The Bertz CT molecular complexity index is 1220. The van der Waals surface area contributed by atoms with Crippen LogP contribution in [0.15, 0.2) is 39.9 Å². The SMILES string of the molecule is CCc1ccc2nc(N3CCN(C(=O)C4CCN(S(=O)(=O)c5cccs5)CC4)CC3)sc2c1. The molecule has 0 radical (unpaired) electrons. The van der Waals surface area contributed by atoms with Gasteiger partial charge in [0.05, 0.1) is 10.2 Å². The Hall–Kier alpha value is -2.01. The van der Waals surface area contributed by atoms with E-state index in [4.69, 9.17) is 4.98 Å². The number of thiazole rings is 1. The highest BCUT2D eigenvalue weighted by Crippen LogP contribution is 2.31. The van der Waals surface area contributed by atoms with Crippen LogP contribution in [0.5, 0.6) is 0 Å². The van der Waals surface area contributed by atoms with E-state index in [-0.39, 0.29) is 11.8 Å². The summed E-state index contributed by atoms with van der Waals surface area (Å²) in [7, 11) is -3.43. The standard InChI is InChI=1S/C23H28N4O3S3/c1-2-17-5-6-19-20(16-17)32-23(24-19)26-13-11-25(12-14-26)22(28)18-7-9-27(10-8-18)33(29,30)21-4-3-15-31-21/h3-6,15-16,18H,2,7-14H2,1H3. The van der Waals surface area contributed by atoms with Crippen molar-refractivity contribution in [3.63, 3.8) is 0 Å². The van der Waals surface area contributed by atoms with Gasteiger partial charge in [0.2, 0.25) is 5.91 Å². The van der Waals surface area contributed by atoms with Gasteiger partial charge >= 0.3 is 0 Å². The maximum Gasteiger partial charge on any atom is 0.252 e. The van der Waals surface area contributed by atoms with Crippen molar-refractivity contribution in [2.45, 2.75) is 30.4 Å². The number of amides is 1. The Morgan fingerprint density at radius 1 is 1.09 bits per heavy atom. The van der Waals surface area contributed by atoms with Crippen LogP contribution in [0.1, 0.15) is 25.3 Å². The Balaban J connectivity index is 1.16. The third-order valence-electron chi connectivity index (χ3n) is 6.60. The Labute approximate surface area is 202 Å². The summed E-state index contributed by atoms with van der Waals surface area (Å²) in [6, 6.07) is 9.86. The van der Waals surface area contributed by atoms with E-state index in [2.05, 4.69) is 30.0 Å². The van der Waals surface area contributed by atoms with Crippen LogP contribution in [0.3, 0.4) is 0 Å². The van der Waals surface area contributed by atoms with Gasteiger partial charge in [-0.2, -0.15) is 4.31 Å². The lowest BCUT2D eigenvalue weighted by molar-refractivity contribution is -0.137. The van der Waals surface area contributed by atoms with E-state index < -0.39 is 10.0 Å². The lowest BCUT2D eigenvalue weighted by atomic mass is 9.96. The minimum Gasteiger partial charge on any atom is -0.345 e. The number of hydrogen-bond acceptors (Lipinski definition) is 7. The van der Waals surface area contributed by atoms with Gasteiger partial charge < -0.3 is 9.80 Å². The third-order valence-corrected chi connectivity index (χ3v) is 11.0. The summed E-state index contributed by atoms with van der Waals surface area (Å²) < 4.78 is 28.6. The molecule has 33 heavy (non-hydrogen) atoms. The minimum atomic E-state index is -3.43. The van der Waals surface area contributed by atoms with Gasteiger partial charge in [-0.3, -0.25) is 4.79 Å². The van der Waals surface area contributed by atoms with Crippen LogP contribution in [-0.2, 0) is 21.2 Å². The van der Waals surface area contributed by atoms with Gasteiger partial charge in [-0.05, 0) is 48.4 Å². The van der Waals surface area contributed by atoms with Crippen molar-refractivity contribution >= 4 is 54.0 Å². The second-order valence-corrected chi connectivity index (χ2v) is 12.7. The van der Waals surface area contributed by atoms with Crippen LogP contribution in [0.2, 0.25) is 0 Å². The van der Waals surface area contributed by atoms with Crippen molar-refractivity contribution < 1.29 is 13.2 Å². The molecule has 2 aliphatic heterocycles. The second kappa shape index (κ2) is 9.32. The molecular weight excluding hydrogens is 476 g/mol. The zero-order chi connectivity index (χ0) is 23.0. The molecule has 5 rings (SSSR count). The number of benzene rings is 1. The molecule has 2 aromatic heterocycles. The lowest BCUT2D eigenvalue weighted by Crippen LogP contribution is -2.52. The molecule has 0 atom stereocenters. The van der Waals surface area contributed by atoms with Crippen LogP contribution >= 0.6 is 22.7 Å². The molecule has 0 N–H and O–H groups in total. The fourth-order valence-corrected chi connectivity index (χ4v) is 8.26. The van der Waals surface area contributed by atoms with E-state index in [0.29, 0.717) is 43.2 Å². The summed E-state index contributed by atoms with van der Waals surface area (Å²) in [5, 5.41) is 2.80. The van der Waals surface area contributed by atoms with E-state index in [1.54, 1.807) is 28.8 Å². The van der Waals surface area contributed by atoms with E-state index in [0.717, 1.165) is 30.2 Å². The summed E-state index contributed by atoms with van der Waals surface area (Å²) in [5.74, 6) is 0.0703. The minimum absolute atomic E-state index is 0.0961. The third kappa shape index (κ3) is 4.53. The highest BCUT2D eigenvalue weighted by molar-refractivity contribution is 7.91. The lowest BCUT2D eigenvalue weighted by Gasteiger charge is -2.38. The van der Waals surface area contributed by atoms with Crippen LogP contribution in [-0.4, -0.2) is 67.8 Å². The summed E-state index contributed by atoms with van der Waals surface area (Å²) >= 11 is 2.96. The maximum atomic E-state index is 13.1. The first-order chi connectivity index (χ1) is 16.0. The number of thiophene rings is 1. The van der Waals surface area contributed by atoms with Gasteiger partial charge in [-0.15, -0.1) is 11.3 Å². The molecule has 1 amide bonds. The van der Waals surface area contributed by atoms with Crippen LogP contribution < -0.4 is 4.90 Å². The predicted octanol–water partition coefficient (Wildman–Crippen LogP) is 3.67. The van der Waals surface area contributed by atoms with E-state index >= 15 is 0 Å². The second-order valence-electron chi connectivity index (χ2n) is 8.57. The van der Waals surface area contributed by atoms with Crippen LogP contribution in [0.25, 0.3) is 10.2 Å². The van der Waals surface area contributed by atoms with Gasteiger partial charge in [-0.25, -0.2) is 13.4 Å². The van der Waals surface area contributed by atoms with E-state index in [1.165, 1.54) is 25.9 Å². The van der Waals surface area contributed by atoms with Crippen molar-refractivity contribution in [3.8, 4) is 0 Å². The average Bonchev–Trinajstić information content (AvgIpc) is 3.54. The van der Waals surface area contributed by atoms with Gasteiger partial charge in [0.25, 0.3) is 10.0 Å². The first kappa shape index (κ1) is 22.8. The number of anilines is 1. The Morgan fingerprint density at radius 2 is 1.85 bits per heavy atom. The topological polar surface area (TPSA) is 73.8 Å². The summed E-state index contributed by atoms with van der Waals surface area (Å²) in [5.41, 5.74) is 2.36. The maximum absolute atomic E-state index is 13.1. The fraction of sp³-hybridized carbons (Fsp3) is 0.478. The number of fused-ring (bicyclic) bond motifs is 1. The number of aromatic nitrogens is 1. The van der Waals surface area contributed by atoms with E-state index in [1.807, 2.05) is 4.90 Å². The number of carbonyl (C=O) groups excluding carboxylic acids is 1. The van der Waals surface area contributed by atoms with Gasteiger partial charge in [0, 0.05) is 45.2 Å². The number of aryl methyl sites for hydroxylation is 1. The number of hydrogen-bond donors (Lipinski definition) is 0. The Kier molecular flexibility index (Phi) is 6.43. The van der Waals surface area contributed by atoms with E-state index in [9.17, 15) is 13.2 Å². The molecular formula is C23H28N4O3S3. The molecule has 10 heteroatoms. The monoisotopic (exact) mass is 504 g/mol. The van der Waals surface area contributed by atoms with Crippen LogP contribution in [0, 0.1) is 5.92 Å². The molecule has 0 aliphatic carbocycles. The molecule has 0 spiro atoms. The number of sulfonamides is 1. The molecule has 7 nitrogen and oxygen atoms in total.